The molecule has 6 nitrogen and oxygen atoms in total. The number of ketones is 1. The summed E-state index contributed by atoms with van der Waals surface area (Å²) in [6.07, 6.45) is 0.605. The van der Waals surface area contributed by atoms with Crippen molar-refractivity contribution < 1.29 is 19.1 Å². The van der Waals surface area contributed by atoms with E-state index < -0.39 is 0 Å². The molecule has 0 fully saturated rings. The number of fused-ring (bicyclic) bond motifs is 1. The molecular weight excluding hydrogens is 460 g/mol. The standard InChI is InChI=1S/C28H20N2O4S/c1-17-22(15-29)28(35-25(17)14-18-7-12-23-24(13-18)34-16-33-23)30-27(32)21-10-8-20(9-11-21)26(31)19-5-3-2-4-6-19/h2-13H,14,16H2,1H3,(H,30,32). The second-order valence-corrected chi connectivity index (χ2v) is 9.16. The summed E-state index contributed by atoms with van der Waals surface area (Å²) < 4.78 is 10.8. The van der Waals surface area contributed by atoms with Gasteiger partial charge in [-0.15, -0.1) is 11.3 Å². The molecule has 0 saturated heterocycles. The van der Waals surface area contributed by atoms with Crippen LogP contribution in [0.15, 0.2) is 72.8 Å². The molecule has 0 atom stereocenters. The monoisotopic (exact) mass is 480 g/mol. The Kier molecular flexibility index (Phi) is 6.04. The van der Waals surface area contributed by atoms with Crippen LogP contribution in [0, 0.1) is 18.3 Å². The van der Waals surface area contributed by atoms with E-state index in [2.05, 4.69) is 11.4 Å². The molecule has 35 heavy (non-hydrogen) atoms. The maximum atomic E-state index is 12.9. The molecule has 0 unspecified atom stereocenters. The average molecular weight is 481 g/mol. The fourth-order valence-corrected chi connectivity index (χ4v) is 5.08. The molecule has 0 aliphatic carbocycles. The number of benzene rings is 3. The van der Waals surface area contributed by atoms with Crippen molar-refractivity contribution in [2.75, 3.05) is 12.1 Å². The van der Waals surface area contributed by atoms with Crippen LogP contribution < -0.4 is 14.8 Å². The second-order valence-electron chi connectivity index (χ2n) is 8.06. The number of amides is 1. The van der Waals surface area contributed by atoms with E-state index in [0.717, 1.165) is 21.8 Å². The van der Waals surface area contributed by atoms with Gasteiger partial charge in [-0.1, -0.05) is 48.5 Å². The molecule has 3 aromatic carbocycles. The van der Waals surface area contributed by atoms with Crippen LogP contribution in [0.2, 0.25) is 0 Å². The number of hydrogen-bond acceptors (Lipinski definition) is 6. The third kappa shape index (κ3) is 4.52. The Labute approximate surface area is 206 Å². The first kappa shape index (κ1) is 22.4. The lowest BCUT2D eigenvalue weighted by molar-refractivity contribution is 0.102. The number of carbonyl (C=O) groups excluding carboxylic acids is 2. The lowest BCUT2D eigenvalue weighted by Crippen LogP contribution is -2.12. The highest BCUT2D eigenvalue weighted by molar-refractivity contribution is 7.16. The van der Waals surface area contributed by atoms with E-state index >= 15 is 0 Å². The van der Waals surface area contributed by atoms with Gasteiger partial charge in [0.05, 0.1) is 5.56 Å². The van der Waals surface area contributed by atoms with E-state index in [4.69, 9.17) is 9.47 Å². The Bertz CT molecular complexity index is 1470. The Morgan fingerprint density at radius 3 is 2.37 bits per heavy atom. The van der Waals surface area contributed by atoms with Crippen LogP contribution in [-0.4, -0.2) is 18.5 Å². The maximum absolute atomic E-state index is 12.9. The second kappa shape index (κ2) is 9.45. The van der Waals surface area contributed by atoms with Gasteiger partial charge in [0.2, 0.25) is 6.79 Å². The molecule has 1 N–H and O–H groups in total. The van der Waals surface area contributed by atoms with E-state index in [0.29, 0.717) is 39.4 Å². The minimum atomic E-state index is -0.337. The van der Waals surface area contributed by atoms with Crippen LogP contribution >= 0.6 is 11.3 Å². The molecule has 2 heterocycles. The number of rotatable bonds is 6. The van der Waals surface area contributed by atoms with Crippen molar-refractivity contribution in [2.24, 2.45) is 0 Å². The zero-order valence-electron chi connectivity index (χ0n) is 18.8. The molecule has 1 aromatic heterocycles. The fourth-order valence-electron chi connectivity index (χ4n) is 3.89. The molecule has 0 radical (unpaired) electrons. The van der Waals surface area contributed by atoms with Crippen LogP contribution in [0.1, 0.15) is 47.8 Å². The summed E-state index contributed by atoms with van der Waals surface area (Å²) in [4.78, 5) is 26.5. The van der Waals surface area contributed by atoms with Gasteiger partial charge in [0.15, 0.2) is 17.3 Å². The van der Waals surface area contributed by atoms with Crippen molar-refractivity contribution in [1.82, 2.24) is 0 Å². The SMILES string of the molecule is Cc1c(Cc2ccc3c(c2)OCO3)sc(NC(=O)c2ccc(C(=O)c3ccccc3)cc2)c1C#N. The fraction of sp³-hybridized carbons (Fsp3) is 0.107. The number of anilines is 1. The summed E-state index contributed by atoms with van der Waals surface area (Å²) in [6.45, 7) is 2.10. The summed E-state index contributed by atoms with van der Waals surface area (Å²) in [7, 11) is 0. The van der Waals surface area contributed by atoms with Crippen molar-refractivity contribution in [3.8, 4) is 17.6 Å². The minimum absolute atomic E-state index is 0.105. The molecule has 0 saturated carbocycles. The van der Waals surface area contributed by atoms with Crippen LogP contribution in [0.4, 0.5) is 5.00 Å². The molecule has 1 aliphatic heterocycles. The molecule has 7 heteroatoms. The number of nitrogens with zero attached hydrogens (tertiary/aromatic N) is 1. The van der Waals surface area contributed by atoms with Crippen molar-refractivity contribution >= 4 is 28.0 Å². The van der Waals surface area contributed by atoms with E-state index in [1.807, 2.05) is 43.3 Å². The van der Waals surface area contributed by atoms with Gasteiger partial charge in [-0.25, -0.2) is 0 Å². The highest BCUT2D eigenvalue weighted by Gasteiger charge is 2.20. The number of nitriles is 1. The highest BCUT2D eigenvalue weighted by Crippen LogP contribution is 2.37. The highest BCUT2D eigenvalue weighted by atomic mass is 32.1. The van der Waals surface area contributed by atoms with Crippen molar-refractivity contribution in [3.63, 3.8) is 0 Å². The molecule has 4 aromatic rings. The van der Waals surface area contributed by atoms with Crippen molar-refractivity contribution in [3.05, 3.63) is 111 Å². The van der Waals surface area contributed by atoms with Crippen LogP contribution in [0.5, 0.6) is 11.5 Å². The molecular formula is C28H20N2O4S. The van der Waals surface area contributed by atoms with Crippen molar-refractivity contribution in [2.45, 2.75) is 13.3 Å². The third-order valence-corrected chi connectivity index (χ3v) is 7.04. The van der Waals surface area contributed by atoms with E-state index in [1.165, 1.54) is 11.3 Å². The largest absolute Gasteiger partial charge is 0.454 e. The first-order chi connectivity index (χ1) is 17.0. The summed E-state index contributed by atoms with van der Waals surface area (Å²) >= 11 is 1.39. The van der Waals surface area contributed by atoms with Gasteiger partial charge in [0.1, 0.15) is 11.1 Å². The van der Waals surface area contributed by atoms with Crippen LogP contribution in [-0.2, 0) is 6.42 Å². The molecule has 0 spiro atoms. The Hall–Kier alpha value is -4.41. The number of ether oxygens (including phenoxy) is 2. The third-order valence-electron chi connectivity index (χ3n) is 5.83. The van der Waals surface area contributed by atoms with Crippen LogP contribution in [0.25, 0.3) is 0 Å². The predicted molar refractivity (Wildman–Crippen MR) is 133 cm³/mol. The quantitative estimate of drug-likeness (QED) is 0.356. The maximum Gasteiger partial charge on any atom is 0.256 e. The zero-order valence-corrected chi connectivity index (χ0v) is 19.6. The molecule has 1 aliphatic rings. The Balaban J connectivity index is 1.33. The molecule has 0 bridgehead atoms. The summed E-state index contributed by atoms with van der Waals surface area (Å²) in [5.74, 6) is 0.987. The topological polar surface area (TPSA) is 88.4 Å². The van der Waals surface area contributed by atoms with Crippen molar-refractivity contribution in [1.29, 1.82) is 5.26 Å². The van der Waals surface area contributed by atoms with Gasteiger partial charge in [-0.05, 0) is 42.3 Å². The van der Waals surface area contributed by atoms with Gasteiger partial charge in [-0.3, -0.25) is 9.59 Å². The van der Waals surface area contributed by atoms with Crippen LogP contribution in [0.3, 0.4) is 0 Å². The smallest absolute Gasteiger partial charge is 0.256 e. The van der Waals surface area contributed by atoms with Gasteiger partial charge >= 0.3 is 0 Å². The molecule has 172 valence electrons. The lowest BCUT2D eigenvalue weighted by atomic mass is 10.0. The van der Waals surface area contributed by atoms with E-state index in [9.17, 15) is 14.9 Å². The number of hydrogen-bond donors (Lipinski definition) is 1. The van der Waals surface area contributed by atoms with E-state index in [-0.39, 0.29) is 18.5 Å². The average Bonchev–Trinajstić information content (AvgIpc) is 3.47. The first-order valence-corrected chi connectivity index (χ1v) is 11.8. The number of nitrogens with one attached hydrogen (secondary N) is 1. The summed E-state index contributed by atoms with van der Waals surface area (Å²) in [5.41, 5.74) is 3.82. The van der Waals surface area contributed by atoms with Gasteiger partial charge in [-0.2, -0.15) is 5.26 Å². The summed E-state index contributed by atoms with van der Waals surface area (Å²) in [5, 5.41) is 13.1. The number of thiophene rings is 1. The predicted octanol–water partition coefficient (Wildman–Crippen LogP) is 5.73. The minimum Gasteiger partial charge on any atom is -0.454 e. The van der Waals surface area contributed by atoms with Gasteiger partial charge in [0.25, 0.3) is 5.91 Å². The van der Waals surface area contributed by atoms with E-state index in [1.54, 1.807) is 36.4 Å². The Morgan fingerprint density at radius 2 is 1.63 bits per heavy atom. The summed E-state index contributed by atoms with van der Waals surface area (Å²) in [6, 6.07) is 23.5. The Morgan fingerprint density at radius 1 is 0.943 bits per heavy atom. The number of carbonyl (C=O) groups is 2. The zero-order chi connectivity index (χ0) is 24.4. The molecule has 5 rings (SSSR count). The van der Waals surface area contributed by atoms with Gasteiger partial charge < -0.3 is 14.8 Å². The van der Waals surface area contributed by atoms with Gasteiger partial charge in [0, 0.05) is 28.0 Å². The lowest BCUT2D eigenvalue weighted by Gasteiger charge is -2.05. The first-order valence-electron chi connectivity index (χ1n) is 11.0. The normalized spacial score (nSPS) is 11.7. The molecule has 1 amide bonds.